The Hall–Kier alpha value is -3.12. The Morgan fingerprint density at radius 1 is 1.00 bits per heavy atom. The maximum atomic E-state index is 12.3. The molecule has 2 heterocycles. The van der Waals surface area contributed by atoms with E-state index >= 15 is 0 Å². The lowest BCUT2D eigenvalue weighted by Gasteiger charge is -2.32. The summed E-state index contributed by atoms with van der Waals surface area (Å²) in [6.45, 7) is 3.60. The Bertz CT molecular complexity index is 1020. The molecule has 5 N–H and O–H groups in total. The van der Waals surface area contributed by atoms with E-state index in [1.807, 2.05) is 12.1 Å². The average molecular weight is 527 g/mol. The summed E-state index contributed by atoms with van der Waals surface area (Å²) < 4.78 is 5.51. The van der Waals surface area contributed by atoms with Gasteiger partial charge in [-0.25, -0.2) is 15.4 Å². The zero-order chi connectivity index (χ0) is 26.7. The first kappa shape index (κ1) is 27.9. The summed E-state index contributed by atoms with van der Waals surface area (Å²) in [4.78, 5) is 34.3. The second-order valence-corrected chi connectivity index (χ2v) is 10.0. The highest BCUT2D eigenvalue weighted by atomic mass is 16.5. The van der Waals surface area contributed by atoms with Crippen molar-refractivity contribution < 1.29 is 24.6 Å². The molecule has 1 aliphatic carbocycles. The number of aliphatic hydroxyl groups is 1. The molecule has 4 rings (SSSR count). The monoisotopic (exact) mass is 526 g/mol. The van der Waals surface area contributed by atoms with Crippen molar-refractivity contribution in [3.8, 4) is 0 Å². The highest BCUT2D eigenvalue weighted by Crippen LogP contribution is 2.22. The van der Waals surface area contributed by atoms with Crippen molar-refractivity contribution in [2.45, 2.75) is 63.8 Å². The van der Waals surface area contributed by atoms with Crippen LogP contribution in [0.25, 0.3) is 0 Å². The van der Waals surface area contributed by atoms with Crippen LogP contribution in [0.3, 0.4) is 0 Å². The van der Waals surface area contributed by atoms with Crippen molar-refractivity contribution in [3.63, 3.8) is 0 Å². The van der Waals surface area contributed by atoms with E-state index in [1.54, 1.807) is 5.48 Å². The Morgan fingerprint density at radius 2 is 1.63 bits per heavy atom. The highest BCUT2D eigenvalue weighted by Gasteiger charge is 2.25. The molecule has 206 valence electrons. The molecule has 38 heavy (non-hydrogen) atoms. The lowest BCUT2D eigenvalue weighted by Crippen LogP contribution is -2.41. The molecular formula is C27H38N6O5. The van der Waals surface area contributed by atoms with Crippen LogP contribution in [0.4, 0.5) is 5.95 Å². The standard InChI is InChI=1S/C27H38N6O5/c34-18-24(26(36)38-23-3-1-2-4-23)29-15-20-7-5-19(6-8-20)13-28-14-21-9-11-33(12-10-21)27-30-16-22(17-31-27)25(35)32-37/h5-8,16-17,21,23-24,28-29,34,37H,1-4,9-15,18H2,(H,32,35)/t24-/m0/s1. The van der Waals surface area contributed by atoms with Gasteiger partial charge in [0.05, 0.1) is 12.2 Å². The number of hydrogen-bond donors (Lipinski definition) is 5. The van der Waals surface area contributed by atoms with E-state index < -0.39 is 11.9 Å². The second-order valence-electron chi connectivity index (χ2n) is 10.0. The maximum Gasteiger partial charge on any atom is 0.325 e. The predicted octanol–water partition coefficient (Wildman–Crippen LogP) is 1.54. The first-order valence-corrected chi connectivity index (χ1v) is 13.4. The van der Waals surface area contributed by atoms with Gasteiger partial charge in [0.15, 0.2) is 0 Å². The summed E-state index contributed by atoms with van der Waals surface area (Å²) >= 11 is 0. The van der Waals surface area contributed by atoms with Gasteiger partial charge in [0.25, 0.3) is 5.91 Å². The molecule has 1 aromatic heterocycles. The quantitative estimate of drug-likeness (QED) is 0.157. The fraction of sp³-hybridized carbons (Fsp3) is 0.556. The fourth-order valence-electron chi connectivity index (χ4n) is 4.92. The van der Waals surface area contributed by atoms with Crippen LogP contribution in [0.2, 0.25) is 0 Å². The summed E-state index contributed by atoms with van der Waals surface area (Å²) in [5, 5.41) is 25.0. The van der Waals surface area contributed by atoms with Crippen molar-refractivity contribution in [2.75, 3.05) is 31.1 Å². The fourth-order valence-corrected chi connectivity index (χ4v) is 4.92. The number of carbonyl (C=O) groups excluding carboxylic acids is 2. The van der Waals surface area contributed by atoms with Crippen molar-refractivity contribution in [1.29, 1.82) is 0 Å². The zero-order valence-corrected chi connectivity index (χ0v) is 21.6. The lowest BCUT2D eigenvalue weighted by molar-refractivity contribution is -0.152. The molecule has 1 saturated heterocycles. The average Bonchev–Trinajstić information content (AvgIpc) is 3.47. The molecule has 1 amide bonds. The minimum absolute atomic E-state index is 0.00655. The van der Waals surface area contributed by atoms with E-state index in [0.717, 1.165) is 70.3 Å². The number of benzene rings is 1. The third-order valence-electron chi connectivity index (χ3n) is 7.29. The summed E-state index contributed by atoms with van der Waals surface area (Å²) in [5.74, 6) is 0.160. The molecule has 0 unspecified atom stereocenters. The topological polar surface area (TPSA) is 149 Å². The van der Waals surface area contributed by atoms with Crippen molar-refractivity contribution in [2.24, 2.45) is 5.92 Å². The van der Waals surface area contributed by atoms with Crippen molar-refractivity contribution >= 4 is 17.8 Å². The molecule has 1 atom stereocenters. The number of ether oxygens (including phenoxy) is 1. The third-order valence-corrected chi connectivity index (χ3v) is 7.29. The third kappa shape index (κ3) is 7.94. The van der Waals surface area contributed by atoms with Crippen LogP contribution >= 0.6 is 0 Å². The normalized spacial score (nSPS) is 17.4. The SMILES string of the molecule is O=C(NO)c1cnc(N2CCC(CNCc3ccc(CN[C@@H](CO)C(=O)OC4CCCC4)cc3)CC2)nc1. The van der Waals surface area contributed by atoms with E-state index in [2.05, 4.69) is 37.6 Å². The first-order chi connectivity index (χ1) is 18.6. The van der Waals surface area contributed by atoms with Gasteiger partial charge in [-0.1, -0.05) is 24.3 Å². The van der Waals surface area contributed by atoms with Gasteiger partial charge in [0.1, 0.15) is 12.1 Å². The van der Waals surface area contributed by atoms with E-state index in [0.29, 0.717) is 18.4 Å². The Labute approximate surface area is 223 Å². The Balaban J connectivity index is 1.13. The minimum atomic E-state index is -0.706. The van der Waals surface area contributed by atoms with Crippen LogP contribution in [-0.2, 0) is 22.6 Å². The molecule has 0 radical (unpaired) electrons. The molecule has 2 aromatic rings. The van der Waals surface area contributed by atoms with Gasteiger partial charge in [-0.15, -0.1) is 0 Å². The van der Waals surface area contributed by atoms with E-state index in [1.165, 1.54) is 18.0 Å². The number of hydrogen-bond acceptors (Lipinski definition) is 10. The molecule has 11 nitrogen and oxygen atoms in total. The molecule has 1 aromatic carbocycles. The highest BCUT2D eigenvalue weighted by molar-refractivity contribution is 5.92. The number of amides is 1. The number of esters is 1. The molecule has 0 spiro atoms. The second kappa shape index (κ2) is 14.1. The molecule has 2 fully saturated rings. The molecule has 1 aliphatic heterocycles. The van der Waals surface area contributed by atoms with Crippen molar-refractivity contribution in [1.82, 2.24) is 26.1 Å². The summed E-state index contributed by atoms with van der Waals surface area (Å²) in [5.41, 5.74) is 4.02. The van der Waals surface area contributed by atoms with Gasteiger partial charge in [-0.05, 0) is 62.1 Å². The molecule has 2 aliphatic rings. The van der Waals surface area contributed by atoms with Crippen LogP contribution in [0, 0.1) is 5.92 Å². The van der Waals surface area contributed by atoms with E-state index in [4.69, 9.17) is 9.94 Å². The van der Waals surface area contributed by atoms with Crippen LogP contribution in [-0.4, -0.2) is 70.5 Å². The van der Waals surface area contributed by atoms with Crippen LogP contribution < -0.4 is 21.0 Å². The molecule has 0 bridgehead atoms. The van der Waals surface area contributed by atoms with Gasteiger partial charge in [0.2, 0.25) is 5.95 Å². The molecule has 1 saturated carbocycles. The van der Waals surface area contributed by atoms with Crippen LogP contribution in [0.15, 0.2) is 36.7 Å². The van der Waals surface area contributed by atoms with Gasteiger partial charge < -0.3 is 20.1 Å². The number of hydroxylamine groups is 1. The number of piperidine rings is 1. The first-order valence-electron chi connectivity index (χ1n) is 13.4. The molecular weight excluding hydrogens is 488 g/mol. The van der Waals surface area contributed by atoms with Crippen molar-refractivity contribution in [3.05, 3.63) is 53.3 Å². The number of nitrogens with zero attached hydrogens (tertiary/aromatic N) is 3. The maximum absolute atomic E-state index is 12.3. The summed E-state index contributed by atoms with van der Waals surface area (Å²) in [7, 11) is 0. The van der Waals surface area contributed by atoms with Gasteiger partial charge >= 0.3 is 5.97 Å². The lowest BCUT2D eigenvalue weighted by atomic mass is 9.97. The summed E-state index contributed by atoms with van der Waals surface area (Å²) in [6, 6.07) is 7.52. The number of rotatable bonds is 12. The number of anilines is 1. The Kier molecular flexibility index (Phi) is 10.4. The number of aromatic nitrogens is 2. The molecule has 11 heteroatoms. The minimum Gasteiger partial charge on any atom is -0.461 e. The van der Waals surface area contributed by atoms with Gasteiger partial charge in [-0.3, -0.25) is 20.1 Å². The van der Waals surface area contributed by atoms with E-state index in [9.17, 15) is 14.7 Å². The zero-order valence-electron chi connectivity index (χ0n) is 21.6. The van der Waals surface area contributed by atoms with Gasteiger partial charge in [-0.2, -0.15) is 0 Å². The number of carbonyl (C=O) groups is 2. The van der Waals surface area contributed by atoms with Crippen LogP contribution in [0.1, 0.15) is 60.0 Å². The van der Waals surface area contributed by atoms with Crippen LogP contribution in [0.5, 0.6) is 0 Å². The number of nitrogens with one attached hydrogen (secondary N) is 3. The smallest absolute Gasteiger partial charge is 0.325 e. The predicted molar refractivity (Wildman–Crippen MR) is 140 cm³/mol. The Morgan fingerprint density at radius 3 is 2.24 bits per heavy atom. The number of aliphatic hydroxyl groups excluding tert-OH is 1. The van der Waals surface area contributed by atoms with E-state index in [-0.39, 0.29) is 24.2 Å². The largest absolute Gasteiger partial charge is 0.461 e. The summed E-state index contributed by atoms with van der Waals surface area (Å²) in [6.07, 6.45) is 8.89. The van der Waals surface area contributed by atoms with Gasteiger partial charge in [0, 0.05) is 38.6 Å².